The van der Waals surface area contributed by atoms with Crippen molar-refractivity contribution in [2.75, 3.05) is 6.61 Å². The van der Waals surface area contributed by atoms with Crippen molar-refractivity contribution in [3.8, 4) is 5.75 Å². The second kappa shape index (κ2) is 9.92. The van der Waals surface area contributed by atoms with E-state index in [1.54, 1.807) is 0 Å². The van der Waals surface area contributed by atoms with Gasteiger partial charge in [-0.3, -0.25) is 9.59 Å². The molecule has 5 heteroatoms. The Bertz CT molecular complexity index is 485. The standard InChI is InChI=1S/C17H23FO4/c1-13(2)6-5-11-21-16(19)9-4-10-17(20)22-15-8-3-7-14(18)12-15/h3,7-8,12-13H,4-6,9-11H2,1-2H3. The zero-order chi connectivity index (χ0) is 16.4. The molecule has 0 spiro atoms. The lowest BCUT2D eigenvalue weighted by Gasteiger charge is -2.07. The first-order valence-electron chi connectivity index (χ1n) is 7.59. The molecule has 0 N–H and O–H groups in total. The molecule has 0 aromatic heterocycles. The molecule has 0 atom stereocenters. The minimum Gasteiger partial charge on any atom is -0.466 e. The number of esters is 2. The number of halogens is 1. The molecule has 0 amide bonds. The van der Waals surface area contributed by atoms with Crippen molar-refractivity contribution in [2.45, 2.75) is 46.0 Å². The van der Waals surface area contributed by atoms with E-state index in [0.29, 0.717) is 18.9 Å². The SMILES string of the molecule is CC(C)CCCOC(=O)CCCC(=O)Oc1cccc(F)c1. The van der Waals surface area contributed by atoms with Crippen LogP contribution in [-0.2, 0) is 14.3 Å². The van der Waals surface area contributed by atoms with E-state index >= 15 is 0 Å². The average molecular weight is 310 g/mol. The lowest BCUT2D eigenvalue weighted by Crippen LogP contribution is -2.10. The molecule has 1 aromatic carbocycles. The first kappa shape index (κ1) is 18.1. The molecule has 0 fully saturated rings. The van der Waals surface area contributed by atoms with Crippen LogP contribution in [0.1, 0.15) is 46.0 Å². The monoisotopic (exact) mass is 310 g/mol. The Labute approximate surface area is 130 Å². The zero-order valence-electron chi connectivity index (χ0n) is 13.1. The van der Waals surface area contributed by atoms with Crippen LogP contribution >= 0.6 is 0 Å². The summed E-state index contributed by atoms with van der Waals surface area (Å²) in [6, 6.07) is 5.38. The highest BCUT2D eigenvalue weighted by molar-refractivity contribution is 5.74. The van der Waals surface area contributed by atoms with Crippen LogP contribution in [0, 0.1) is 11.7 Å². The molecule has 0 aliphatic heterocycles. The van der Waals surface area contributed by atoms with E-state index in [4.69, 9.17) is 9.47 Å². The van der Waals surface area contributed by atoms with Crippen LogP contribution in [0.15, 0.2) is 24.3 Å². The van der Waals surface area contributed by atoms with Crippen molar-refractivity contribution in [2.24, 2.45) is 5.92 Å². The van der Waals surface area contributed by atoms with Gasteiger partial charge in [0, 0.05) is 18.9 Å². The predicted molar refractivity (Wildman–Crippen MR) is 80.9 cm³/mol. The molecule has 0 aliphatic carbocycles. The van der Waals surface area contributed by atoms with Gasteiger partial charge >= 0.3 is 11.9 Å². The van der Waals surface area contributed by atoms with Gasteiger partial charge in [0.1, 0.15) is 11.6 Å². The summed E-state index contributed by atoms with van der Waals surface area (Å²) in [7, 11) is 0. The Morgan fingerprint density at radius 1 is 1.14 bits per heavy atom. The fourth-order valence-corrected chi connectivity index (χ4v) is 1.84. The van der Waals surface area contributed by atoms with E-state index in [1.165, 1.54) is 18.2 Å². The molecule has 1 rings (SSSR count). The minimum absolute atomic E-state index is 0.0948. The van der Waals surface area contributed by atoms with Gasteiger partial charge in [0.15, 0.2) is 0 Å². The molecule has 0 heterocycles. The van der Waals surface area contributed by atoms with Crippen molar-refractivity contribution in [1.82, 2.24) is 0 Å². The molecule has 1 aromatic rings. The van der Waals surface area contributed by atoms with Gasteiger partial charge in [-0.2, -0.15) is 0 Å². The third-order valence-corrected chi connectivity index (χ3v) is 2.98. The molecule has 22 heavy (non-hydrogen) atoms. The number of carbonyl (C=O) groups excluding carboxylic acids is 2. The van der Waals surface area contributed by atoms with Gasteiger partial charge in [-0.25, -0.2) is 4.39 Å². The van der Waals surface area contributed by atoms with E-state index < -0.39 is 11.8 Å². The number of ether oxygens (including phenoxy) is 2. The van der Waals surface area contributed by atoms with Crippen molar-refractivity contribution >= 4 is 11.9 Å². The lowest BCUT2D eigenvalue weighted by atomic mass is 10.1. The minimum atomic E-state index is -0.488. The second-order valence-electron chi connectivity index (χ2n) is 5.54. The first-order valence-corrected chi connectivity index (χ1v) is 7.59. The summed E-state index contributed by atoms with van der Waals surface area (Å²) in [4.78, 5) is 23.0. The van der Waals surface area contributed by atoms with E-state index in [0.717, 1.165) is 18.9 Å². The van der Waals surface area contributed by atoms with Crippen LogP contribution < -0.4 is 4.74 Å². The summed E-state index contributed by atoms with van der Waals surface area (Å²) in [6.45, 7) is 4.66. The van der Waals surface area contributed by atoms with Crippen LogP contribution in [-0.4, -0.2) is 18.5 Å². The Morgan fingerprint density at radius 3 is 2.55 bits per heavy atom. The highest BCUT2D eigenvalue weighted by Gasteiger charge is 2.09. The normalized spacial score (nSPS) is 10.5. The number of rotatable bonds is 9. The summed E-state index contributed by atoms with van der Waals surface area (Å²) in [6.07, 6.45) is 2.51. The summed E-state index contributed by atoms with van der Waals surface area (Å²) < 4.78 is 23.0. The van der Waals surface area contributed by atoms with Gasteiger partial charge in [-0.15, -0.1) is 0 Å². The number of hydrogen-bond donors (Lipinski definition) is 0. The Balaban J connectivity index is 2.13. The third kappa shape index (κ3) is 8.39. The summed E-state index contributed by atoms with van der Waals surface area (Å²) in [5.41, 5.74) is 0. The van der Waals surface area contributed by atoms with Crippen LogP contribution in [0.5, 0.6) is 5.75 Å². The maximum atomic E-state index is 12.9. The molecule has 0 bridgehead atoms. The Hall–Kier alpha value is -1.91. The molecule has 0 radical (unpaired) electrons. The molecule has 0 saturated heterocycles. The highest BCUT2D eigenvalue weighted by atomic mass is 19.1. The Morgan fingerprint density at radius 2 is 1.86 bits per heavy atom. The number of benzene rings is 1. The van der Waals surface area contributed by atoms with Crippen molar-refractivity contribution in [3.63, 3.8) is 0 Å². The maximum Gasteiger partial charge on any atom is 0.311 e. The third-order valence-electron chi connectivity index (χ3n) is 2.98. The van der Waals surface area contributed by atoms with E-state index in [2.05, 4.69) is 13.8 Å². The van der Waals surface area contributed by atoms with Gasteiger partial charge in [0.2, 0.25) is 0 Å². The van der Waals surface area contributed by atoms with Crippen LogP contribution in [0.3, 0.4) is 0 Å². The molecular formula is C17H23FO4. The van der Waals surface area contributed by atoms with E-state index in [9.17, 15) is 14.0 Å². The molecule has 122 valence electrons. The van der Waals surface area contributed by atoms with Gasteiger partial charge in [-0.1, -0.05) is 19.9 Å². The zero-order valence-corrected chi connectivity index (χ0v) is 13.1. The number of hydrogen-bond acceptors (Lipinski definition) is 4. The summed E-state index contributed by atoms with van der Waals surface area (Å²) in [5.74, 6) is -0.492. The molecule has 4 nitrogen and oxygen atoms in total. The molecule has 0 unspecified atom stereocenters. The molecule has 0 saturated carbocycles. The van der Waals surface area contributed by atoms with Crippen LogP contribution in [0.2, 0.25) is 0 Å². The summed E-state index contributed by atoms with van der Waals surface area (Å²) >= 11 is 0. The molecule has 0 aliphatic rings. The lowest BCUT2D eigenvalue weighted by molar-refractivity contribution is -0.144. The van der Waals surface area contributed by atoms with Crippen molar-refractivity contribution in [1.29, 1.82) is 0 Å². The molecular weight excluding hydrogens is 287 g/mol. The number of carbonyl (C=O) groups is 2. The van der Waals surface area contributed by atoms with Gasteiger partial charge < -0.3 is 9.47 Å². The van der Waals surface area contributed by atoms with Crippen molar-refractivity contribution < 1.29 is 23.5 Å². The maximum absolute atomic E-state index is 12.9. The quantitative estimate of drug-likeness (QED) is 0.394. The average Bonchev–Trinajstić information content (AvgIpc) is 2.43. The Kier molecular flexibility index (Phi) is 8.18. The summed E-state index contributed by atoms with van der Waals surface area (Å²) in [5, 5.41) is 0. The topological polar surface area (TPSA) is 52.6 Å². The van der Waals surface area contributed by atoms with Crippen LogP contribution in [0.25, 0.3) is 0 Å². The predicted octanol–water partition coefficient (Wildman–Crippen LogP) is 3.88. The second-order valence-corrected chi connectivity index (χ2v) is 5.54. The van der Waals surface area contributed by atoms with Gasteiger partial charge in [0.25, 0.3) is 0 Å². The van der Waals surface area contributed by atoms with E-state index in [1.807, 2.05) is 0 Å². The van der Waals surface area contributed by atoms with Gasteiger partial charge in [-0.05, 0) is 37.3 Å². The van der Waals surface area contributed by atoms with Crippen LogP contribution in [0.4, 0.5) is 4.39 Å². The fraction of sp³-hybridized carbons (Fsp3) is 0.529. The largest absolute Gasteiger partial charge is 0.466 e. The highest BCUT2D eigenvalue weighted by Crippen LogP contribution is 2.13. The fourth-order valence-electron chi connectivity index (χ4n) is 1.84. The first-order chi connectivity index (χ1) is 10.5. The smallest absolute Gasteiger partial charge is 0.311 e. The van der Waals surface area contributed by atoms with Gasteiger partial charge in [0.05, 0.1) is 6.61 Å². The van der Waals surface area contributed by atoms with E-state index in [-0.39, 0.29) is 24.6 Å². The van der Waals surface area contributed by atoms with Crippen molar-refractivity contribution in [3.05, 3.63) is 30.1 Å².